The maximum atomic E-state index is 5.66. The molecule has 2 aliphatic heterocycles. The molecule has 0 bridgehead atoms. The fourth-order valence-electron chi connectivity index (χ4n) is 3.46. The zero-order valence-corrected chi connectivity index (χ0v) is 14.6. The summed E-state index contributed by atoms with van der Waals surface area (Å²) in [4.78, 5) is 7.39. The minimum Gasteiger partial charge on any atom is -0.376 e. The molecule has 0 amide bonds. The Hall–Kier alpha value is -0.810. The van der Waals surface area contributed by atoms with Crippen molar-refractivity contribution in [3.8, 4) is 0 Å². The van der Waals surface area contributed by atoms with Gasteiger partial charge in [-0.15, -0.1) is 0 Å². The molecule has 3 atom stereocenters. The number of nitrogens with zero attached hydrogens (tertiary/aromatic N) is 2. The predicted octanol–water partition coefficient (Wildman–Crippen LogP) is 1.98. The van der Waals surface area contributed by atoms with Gasteiger partial charge in [0.2, 0.25) is 0 Å². The number of guanidine groups is 1. The number of hydrogen-bond acceptors (Lipinski definition) is 3. The molecule has 2 aliphatic rings. The third-order valence-corrected chi connectivity index (χ3v) is 4.80. The van der Waals surface area contributed by atoms with Crippen molar-refractivity contribution in [2.24, 2.45) is 4.99 Å². The van der Waals surface area contributed by atoms with Crippen LogP contribution in [-0.4, -0.2) is 61.8 Å². The summed E-state index contributed by atoms with van der Waals surface area (Å²) < 4.78 is 5.66. The van der Waals surface area contributed by atoms with Crippen LogP contribution in [0.2, 0.25) is 0 Å². The van der Waals surface area contributed by atoms with Crippen molar-refractivity contribution in [2.75, 3.05) is 32.8 Å². The second kappa shape index (κ2) is 9.36. The number of likely N-dealkylation sites (tertiary alicyclic amines) is 1. The maximum absolute atomic E-state index is 5.66. The zero-order valence-electron chi connectivity index (χ0n) is 14.6. The molecule has 0 aliphatic carbocycles. The molecule has 5 heteroatoms. The molecule has 5 nitrogen and oxygen atoms in total. The lowest BCUT2D eigenvalue weighted by atomic mass is 10.0. The normalized spacial score (nSPS) is 28.6. The van der Waals surface area contributed by atoms with Crippen LogP contribution in [0.3, 0.4) is 0 Å². The molecule has 0 saturated carbocycles. The Morgan fingerprint density at radius 2 is 2.14 bits per heavy atom. The Morgan fingerprint density at radius 3 is 2.82 bits per heavy atom. The first-order valence-corrected chi connectivity index (χ1v) is 9.10. The smallest absolute Gasteiger partial charge is 0.191 e. The summed E-state index contributed by atoms with van der Waals surface area (Å²) in [6.07, 6.45) is 6.72. The topological polar surface area (TPSA) is 48.9 Å². The molecule has 0 aromatic carbocycles. The molecular weight excluding hydrogens is 276 g/mol. The second-order valence-electron chi connectivity index (χ2n) is 6.67. The molecule has 0 aromatic rings. The van der Waals surface area contributed by atoms with Crippen molar-refractivity contribution < 1.29 is 4.74 Å². The number of aliphatic imine (C=N–C) groups is 1. The van der Waals surface area contributed by atoms with Crippen LogP contribution in [-0.2, 0) is 4.74 Å². The summed E-state index contributed by atoms with van der Waals surface area (Å²) in [5.74, 6) is 0.925. The summed E-state index contributed by atoms with van der Waals surface area (Å²) >= 11 is 0. The van der Waals surface area contributed by atoms with E-state index in [0.717, 1.165) is 38.6 Å². The van der Waals surface area contributed by atoms with Gasteiger partial charge < -0.3 is 15.4 Å². The average molecular weight is 310 g/mol. The van der Waals surface area contributed by atoms with Crippen LogP contribution in [0, 0.1) is 0 Å². The van der Waals surface area contributed by atoms with Crippen molar-refractivity contribution in [3.05, 3.63) is 0 Å². The minimum atomic E-state index is 0.350. The van der Waals surface area contributed by atoms with Crippen LogP contribution in [0.5, 0.6) is 0 Å². The largest absolute Gasteiger partial charge is 0.376 e. The number of ether oxygens (including phenoxy) is 1. The van der Waals surface area contributed by atoms with Crippen LogP contribution in [0.15, 0.2) is 4.99 Å². The van der Waals surface area contributed by atoms with Crippen LogP contribution in [0.4, 0.5) is 0 Å². The molecule has 128 valence electrons. The molecule has 0 radical (unpaired) electrons. The quantitative estimate of drug-likeness (QED) is 0.582. The van der Waals surface area contributed by atoms with Gasteiger partial charge in [-0.3, -0.25) is 9.89 Å². The first-order chi connectivity index (χ1) is 10.7. The fourth-order valence-corrected chi connectivity index (χ4v) is 3.46. The van der Waals surface area contributed by atoms with Crippen LogP contribution >= 0.6 is 0 Å². The first kappa shape index (κ1) is 17.5. The van der Waals surface area contributed by atoms with Gasteiger partial charge in [0.05, 0.1) is 12.6 Å². The molecule has 0 spiro atoms. The van der Waals surface area contributed by atoms with E-state index in [1.807, 2.05) is 0 Å². The monoisotopic (exact) mass is 310 g/mol. The van der Waals surface area contributed by atoms with Crippen LogP contribution in [0.25, 0.3) is 0 Å². The number of piperidine rings is 1. The van der Waals surface area contributed by atoms with Crippen molar-refractivity contribution in [2.45, 2.75) is 71.1 Å². The minimum absolute atomic E-state index is 0.350. The Labute approximate surface area is 135 Å². The van der Waals surface area contributed by atoms with E-state index < -0.39 is 0 Å². The van der Waals surface area contributed by atoms with Gasteiger partial charge in [-0.25, -0.2) is 0 Å². The average Bonchev–Trinajstić information content (AvgIpc) is 3.03. The highest BCUT2D eigenvalue weighted by molar-refractivity contribution is 5.79. The van der Waals surface area contributed by atoms with E-state index in [4.69, 9.17) is 9.73 Å². The molecule has 2 heterocycles. The number of rotatable bonds is 6. The highest BCUT2D eigenvalue weighted by Crippen LogP contribution is 2.19. The van der Waals surface area contributed by atoms with E-state index in [9.17, 15) is 0 Å². The molecule has 2 saturated heterocycles. The molecule has 2 N–H and O–H groups in total. The lowest BCUT2D eigenvalue weighted by Crippen LogP contribution is -2.46. The molecule has 2 fully saturated rings. The third kappa shape index (κ3) is 5.43. The van der Waals surface area contributed by atoms with E-state index in [-0.39, 0.29) is 0 Å². The molecule has 0 aromatic heterocycles. The zero-order chi connectivity index (χ0) is 15.8. The predicted molar refractivity (Wildman–Crippen MR) is 92.4 cm³/mol. The highest BCUT2D eigenvalue weighted by Gasteiger charge is 2.23. The second-order valence-corrected chi connectivity index (χ2v) is 6.67. The number of hydrogen-bond donors (Lipinski definition) is 2. The summed E-state index contributed by atoms with van der Waals surface area (Å²) in [5, 5.41) is 6.77. The number of nitrogens with one attached hydrogen (secondary N) is 2. The standard InChI is InChI=1S/C17H34N4O/c1-4-18-17(20-13-16-9-7-11-22-16)19-12-15(3)21-10-6-5-8-14(21)2/h14-16H,4-13H2,1-3H3,(H2,18,19,20). The van der Waals surface area contributed by atoms with Gasteiger partial charge in [0, 0.05) is 31.8 Å². The van der Waals surface area contributed by atoms with Gasteiger partial charge in [0.25, 0.3) is 0 Å². The lowest BCUT2D eigenvalue weighted by Gasteiger charge is -2.37. The van der Waals surface area contributed by atoms with Crippen molar-refractivity contribution in [3.63, 3.8) is 0 Å². The first-order valence-electron chi connectivity index (χ1n) is 9.10. The Morgan fingerprint density at radius 1 is 1.27 bits per heavy atom. The van der Waals surface area contributed by atoms with E-state index in [0.29, 0.717) is 18.2 Å². The van der Waals surface area contributed by atoms with Crippen LogP contribution < -0.4 is 10.6 Å². The van der Waals surface area contributed by atoms with Crippen molar-refractivity contribution >= 4 is 5.96 Å². The summed E-state index contributed by atoms with van der Waals surface area (Å²) in [5.41, 5.74) is 0. The van der Waals surface area contributed by atoms with Gasteiger partial charge in [-0.1, -0.05) is 6.42 Å². The summed E-state index contributed by atoms with van der Waals surface area (Å²) in [7, 11) is 0. The lowest BCUT2D eigenvalue weighted by molar-refractivity contribution is 0.113. The van der Waals surface area contributed by atoms with Gasteiger partial charge >= 0.3 is 0 Å². The van der Waals surface area contributed by atoms with Gasteiger partial charge in [-0.2, -0.15) is 0 Å². The Kier molecular flexibility index (Phi) is 7.46. The summed E-state index contributed by atoms with van der Waals surface area (Å²) in [6.45, 7) is 11.5. The Balaban J connectivity index is 1.79. The van der Waals surface area contributed by atoms with E-state index in [1.54, 1.807) is 0 Å². The molecule has 22 heavy (non-hydrogen) atoms. The van der Waals surface area contributed by atoms with Gasteiger partial charge in [-0.05, 0) is 53.0 Å². The third-order valence-electron chi connectivity index (χ3n) is 4.80. The molecular formula is C17H34N4O. The van der Waals surface area contributed by atoms with Crippen molar-refractivity contribution in [1.29, 1.82) is 0 Å². The highest BCUT2D eigenvalue weighted by atomic mass is 16.5. The fraction of sp³-hybridized carbons (Fsp3) is 0.941. The van der Waals surface area contributed by atoms with Gasteiger partial charge in [0.15, 0.2) is 5.96 Å². The van der Waals surface area contributed by atoms with Crippen molar-refractivity contribution in [1.82, 2.24) is 15.5 Å². The Bertz CT molecular complexity index is 342. The molecule has 2 rings (SSSR count). The maximum Gasteiger partial charge on any atom is 0.191 e. The SMILES string of the molecule is CCNC(=NCC(C)N1CCCCC1C)NCC1CCCO1. The van der Waals surface area contributed by atoms with E-state index in [2.05, 4.69) is 36.3 Å². The summed E-state index contributed by atoms with van der Waals surface area (Å²) in [6, 6.07) is 1.20. The van der Waals surface area contributed by atoms with E-state index in [1.165, 1.54) is 32.2 Å². The van der Waals surface area contributed by atoms with Crippen LogP contribution in [0.1, 0.15) is 52.9 Å². The molecule has 3 unspecified atom stereocenters. The van der Waals surface area contributed by atoms with E-state index >= 15 is 0 Å². The van der Waals surface area contributed by atoms with Gasteiger partial charge in [0.1, 0.15) is 0 Å².